The Balaban J connectivity index is 2.09. The molecule has 1 N–H and O–H groups in total. The van der Waals surface area contributed by atoms with Gasteiger partial charge >= 0.3 is 0 Å². The first-order valence-corrected chi connectivity index (χ1v) is 6.08. The summed E-state index contributed by atoms with van der Waals surface area (Å²) >= 11 is 0. The van der Waals surface area contributed by atoms with Crippen molar-refractivity contribution in [1.29, 1.82) is 5.26 Å². The minimum Gasteiger partial charge on any atom is -0.469 e. The van der Waals surface area contributed by atoms with Crippen LogP contribution in [0.15, 0.2) is 41.0 Å². The Labute approximate surface area is 111 Å². The number of hydrogen-bond donors (Lipinski definition) is 1. The molecule has 4 heteroatoms. The summed E-state index contributed by atoms with van der Waals surface area (Å²) in [7, 11) is 0. The lowest BCUT2D eigenvalue weighted by atomic mass is 10.1. The average Bonchev–Trinajstić information content (AvgIpc) is 2.90. The highest BCUT2D eigenvalue weighted by Crippen LogP contribution is 2.15. The summed E-state index contributed by atoms with van der Waals surface area (Å²) in [6.07, 6.45) is 2.57. The van der Waals surface area contributed by atoms with Gasteiger partial charge < -0.3 is 9.73 Å². The third-order valence-corrected chi connectivity index (χ3v) is 2.81. The monoisotopic (exact) mass is 254 g/mol. The van der Waals surface area contributed by atoms with E-state index >= 15 is 0 Å². The van der Waals surface area contributed by atoms with Gasteiger partial charge in [0.25, 0.3) is 5.91 Å². The van der Waals surface area contributed by atoms with Crippen molar-refractivity contribution in [2.24, 2.45) is 0 Å². The Bertz CT molecular complexity index is 606. The molecule has 0 spiro atoms. The van der Waals surface area contributed by atoms with Crippen molar-refractivity contribution in [1.82, 2.24) is 0 Å². The van der Waals surface area contributed by atoms with Crippen LogP contribution in [-0.2, 0) is 12.8 Å². The van der Waals surface area contributed by atoms with Crippen LogP contribution in [0.4, 0.5) is 5.69 Å². The van der Waals surface area contributed by atoms with Gasteiger partial charge in [-0.3, -0.25) is 4.79 Å². The van der Waals surface area contributed by atoms with Gasteiger partial charge in [-0.25, -0.2) is 0 Å². The van der Waals surface area contributed by atoms with Gasteiger partial charge in [0.05, 0.1) is 24.3 Å². The first kappa shape index (κ1) is 12.9. The number of nitrogens with zero attached hydrogens (tertiary/aromatic N) is 1. The molecule has 0 fully saturated rings. The van der Waals surface area contributed by atoms with Crippen molar-refractivity contribution < 1.29 is 9.21 Å². The minimum absolute atomic E-state index is 0.182. The second-order valence-corrected chi connectivity index (χ2v) is 4.10. The fourth-order valence-corrected chi connectivity index (χ4v) is 1.81. The predicted molar refractivity (Wildman–Crippen MR) is 71.8 cm³/mol. The van der Waals surface area contributed by atoms with Crippen molar-refractivity contribution in [3.63, 3.8) is 0 Å². The van der Waals surface area contributed by atoms with Crippen LogP contribution in [0.1, 0.15) is 28.6 Å². The standard InChI is InChI=1S/C15H14N2O2/c1-2-14-13(8-10-19-14)15(18)17-12-5-3-11(4-6-12)7-9-16/h3-6,8,10H,2,7H2,1H3,(H,17,18). The smallest absolute Gasteiger partial charge is 0.259 e. The van der Waals surface area contributed by atoms with E-state index < -0.39 is 0 Å². The first-order valence-electron chi connectivity index (χ1n) is 6.08. The molecule has 1 heterocycles. The Kier molecular flexibility index (Phi) is 3.99. The molecule has 2 rings (SSSR count). The first-order chi connectivity index (χ1) is 9.24. The van der Waals surface area contributed by atoms with Crippen molar-refractivity contribution in [2.45, 2.75) is 19.8 Å². The molecule has 0 radical (unpaired) electrons. The average molecular weight is 254 g/mol. The van der Waals surface area contributed by atoms with E-state index in [-0.39, 0.29) is 5.91 Å². The number of nitriles is 1. The Morgan fingerprint density at radius 3 is 2.68 bits per heavy atom. The molecule has 0 bridgehead atoms. The number of anilines is 1. The molecule has 0 aliphatic rings. The molecule has 1 aromatic carbocycles. The number of nitrogens with one attached hydrogen (secondary N) is 1. The number of rotatable bonds is 4. The van der Waals surface area contributed by atoms with E-state index in [0.717, 1.165) is 5.56 Å². The molecule has 1 amide bonds. The maximum atomic E-state index is 12.0. The summed E-state index contributed by atoms with van der Waals surface area (Å²) in [5.41, 5.74) is 2.19. The molecule has 96 valence electrons. The molecule has 0 atom stereocenters. The number of furan rings is 1. The van der Waals surface area contributed by atoms with Crippen molar-refractivity contribution >= 4 is 11.6 Å². The Morgan fingerprint density at radius 2 is 2.05 bits per heavy atom. The zero-order chi connectivity index (χ0) is 13.7. The fraction of sp³-hybridized carbons (Fsp3) is 0.200. The maximum absolute atomic E-state index is 12.0. The van der Waals surface area contributed by atoms with Gasteiger partial charge in [0.15, 0.2) is 0 Å². The molecule has 19 heavy (non-hydrogen) atoms. The second kappa shape index (κ2) is 5.87. The summed E-state index contributed by atoms with van der Waals surface area (Å²) < 4.78 is 5.23. The summed E-state index contributed by atoms with van der Waals surface area (Å²) in [6, 6.07) is 11.0. The molecule has 2 aromatic rings. The number of benzene rings is 1. The van der Waals surface area contributed by atoms with E-state index in [2.05, 4.69) is 11.4 Å². The second-order valence-electron chi connectivity index (χ2n) is 4.10. The topological polar surface area (TPSA) is 66.0 Å². The number of carbonyl (C=O) groups excluding carboxylic acids is 1. The van der Waals surface area contributed by atoms with Crippen LogP contribution in [0.3, 0.4) is 0 Å². The zero-order valence-electron chi connectivity index (χ0n) is 10.6. The highest BCUT2D eigenvalue weighted by atomic mass is 16.3. The van der Waals surface area contributed by atoms with E-state index in [1.54, 1.807) is 18.2 Å². The summed E-state index contributed by atoms with van der Waals surface area (Å²) in [5.74, 6) is 0.497. The predicted octanol–water partition coefficient (Wildman–Crippen LogP) is 3.16. The molecule has 1 aromatic heterocycles. The quantitative estimate of drug-likeness (QED) is 0.911. The van der Waals surface area contributed by atoms with E-state index in [1.807, 2.05) is 19.1 Å². The van der Waals surface area contributed by atoms with Crippen LogP contribution < -0.4 is 5.32 Å². The molecule has 0 unspecified atom stereocenters. The van der Waals surface area contributed by atoms with Crippen LogP contribution in [0.5, 0.6) is 0 Å². The third-order valence-electron chi connectivity index (χ3n) is 2.81. The molecule has 0 aliphatic carbocycles. The maximum Gasteiger partial charge on any atom is 0.259 e. The van der Waals surface area contributed by atoms with Crippen LogP contribution >= 0.6 is 0 Å². The zero-order valence-corrected chi connectivity index (χ0v) is 10.6. The van der Waals surface area contributed by atoms with Gasteiger partial charge in [-0.05, 0) is 23.8 Å². The Hall–Kier alpha value is -2.54. The van der Waals surface area contributed by atoms with Crippen LogP contribution in [0, 0.1) is 11.3 Å². The van der Waals surface area contributed by atoms with E-state index in [0.29, 0.717) is 29.9 Å². The van der Waals surface area contributed by atoms with Crippen molar-refractivity contribution in [2.75, 3.05) is 5.32 Å². The molecule has 0 aliphatic heterocycles. The van der Waals surface area contributed by atoms with Crippen LogP contribution in [0.25, 0.3) is 0 Å². The van der Waals surface area contributed by atoms with Crippen LogP contribution in [-0.4, -0.2) is 5.91 Å². The largest absolute Gasteiger partial charge is 0.469 e. The van der Waals surface area contributed by atoms with Gasteiger partial charge in [-0.2, -0.15) is 5.26 Å². The minimum atomic E-state index is -0.182. The summed E-state index contributed by atoms with van der Waals surface area (Å²) in [6.45, 7) is 1.94. The van der Waals surface area contributed by atoms with Gasteiger partial charge in [0.1, 0.15) is 5.76 Å². The lowest BCUT2D eigenvalue weighted by Gasteiger charge is -2.05. The molecular weight excluding hydrogens is 240 g/mol. The molecule has 0 saturated carbocycles. The van der Waals surface area contributed by atoms with E-state index in [9.17, 15) is 4.79 Å². The SMILES string of the molecule is CCc1occc1C(=O)Nc1ccc(CC#N)cc1. The number of aryl methyl sites for hydroxylation is 1. The van der Waals surface area contributed by atoms with Gasteiger partial charge in [0.2, 0.25) is 0 Å². The molecule has 4 nitrogen and oxygen atoms in total. The fourth-order valence-electron chi connectivity index (χ4n) is 1.81. The number of hydrogen-bond acceptors (Lipinski definition) is 3. The lowest BCUT2D eigenvalue weighted by Crippen LogP contribution is -2.12. The van der Waals surface area contributed by atoms with Gasteiger partial charge in [0, 0.05) is 12.1 Å². The molecular formula is C15H14N2O2. The Morgan fingerprint density at radius 1 is 1.32 bits per heavy atom. The van der Waals surface area contributed by atoms with E-state index in [1.165, 1.54) is 6.26 Å². The van der Waals surface area contributed by atoms with E-state index in [4.69, 9.17) is 9.68 Å². The molecule has 0 saturated heterocycles. The number of amides is 1. The summed E-state index contributed by atoms with van der Waals surface area (Å²) in [4.78, 5) is 12.0. The third kappa shape index (κ3) is 3.02. The van der Waals surface area contributed by atoms with Crippen molar-refractivity contribution in [3.05, 3.63) is 53.5 Å². The highest BCUT2D eigenvalue weighted by molar-refractivity contribution is 6.04. The normalized spacial score (nSPS) is 9.89. The summed E-state index contributed by atoms with van der Waals surface area (Å²) in [5, 5.41) is 11.4. The van der Waals surface area contributed by atoms with Gasteiger partial charge in [-0.15, -0.1) is 0 Å². The lowest BCUT2D eigenvalue weighted by molar-refractivity contribution is 0.102. The van der Waals surface area contributed by atoms with Crippen LogP contribution in [0.2, 0.25) is 0 Å². The van der Waals surface area contributed by atoms with Gasteiger partial charge in [-0.1, -0.05) is 19.1 Å². The highest BCUT2D eigenvalue weighted by Gasteiger charge is 2.13. The number of carbonyl (C=O) groups is 1. The van der Waals surface area contributed by atoms with Crippen molar-refractivity contribution in [3.8, 4) is 6.07 Å².